The largest absolute Gasteiger partial charge is 0.455 e. The molecule has 0 amide bonds. The Kier molecular flexibility index (Phi) is 4.06. The van der Waals surface area contributed by atoms with Crippen LogP contribution in [0.3, 0.4) is 0 Å². The van der Waals surface area contributed by atoms with Gasteiger partial charge in [-0.05, 0) is 69.6 Å². The Bertz CT molecular complexity index is 490. The summed E-state index contributed by atoms with van der Waals surface area (Å²) in [6, 6.07) is 0. The first-order chi connectivity index (χ1) is 11.1. The van der Waals surface area contributed by atoms with Gasteiger partial charge in [0, 0.05) is 17.4 Å². The molecule has 0 heterocycles. The van der Waals surface area contributed by atoms with Crippen LogP contribution in [0.5, 0.6) is 0 Å². The van der Waals surface area contributed by atoms with Crippen LogP contribution < -0.4 is 0 Å². The Morgan fingerprint density at radius 2 is 1.74 bits per heavy atom. The molecule has 4 saturated carbocycles. The molecule has 2 nitrogen and oxygen atoms in total. The van der Waals surface area contributed by atoms with Crippen molar-refractivity contribution in [2.75, 3.05) is 0 Å². The predicted molar refractivity (Wildman–Crippen MR) is 91.9 cm³/mol. The van der Waals surface area contributed by atoms with Gasteiger partial charge in [-0.1, -0.05) is 32.3 Å². The predicted octanol–water partition coefficient (Wildman–Crippen LogP) is 5.27. The van der Waals surface area contributed by atoms with Crippen LogP contribution in [0.2, 0.25) is 0 Å². The first kappa shape index (κ1) is 15.7. The van der Waals surface area contributed by atoms with Crippen molar-refractivity contribution in [1.29, 1.82) is 0 Å². The number of hydrogen-bond acceptors (Lipinski definition) is 2. The molecule has 23 heavy (non-hydrogen) atoms. The molecule has 6 atom stereocenters. The van der Waals surface area contributed by atoms with Gasteiger partial charge in [-0.3, -0.25) is 0 Å². The van der Waals surface area contributed by atoms with Crippen molar-refractivity contribution in [2.24, 2.45) is 29.6 Å². The average Bonchev–Trinajstić information content (AvgIpc) is 3.18. The average molecular weight is 316 g/mol. The summed E-state index contributed by atoms with van der Waals surface area (Å²) in [6.07, 6.45) is 14.6. The van der Waals surface area contributed by atoms with Crippen LogP contribution >= 0.6 is 0 Å². The van der Waals surface area contributed by atoms with Crippen molar-refractivity contribution < 1.29 is 9.53 Å². The summed E-state index contributed by atoms with van der Waals surface area (Å²) in [5, 5.41) is 0. The molecule has 0 radical (unpaired) electrons. The van der Waals surface area contributed by atoms with Crippen molar-refractivity contribution in [1.82, 2.24) is 0 Å². The molecule has 0 spiro atoms. The summed E-state index contributed by atoms with van der Waals surface area (Å²) >= 11 is 0. The van der Waals surface area contributed by atoms with E-state index in [1.807, 2.05) is 0 Å². The Balaban J connectivity index is 1.67. The highest BCUT2D eigenvalue weighted by atomic mass is 16.6. The molecule has 4 aliphatic rings. The smallest absolute Gasteiger partial charge is 0.333 e. The highest BCUT2D eigenvalue weighted by Crippen LogP contribution is 2.60. The summed E-state index contributed by atoms with van der Waals surface area (Å²) in [5.74, 6) is 3.66. The summed E-state index contributed by atoms with van der Waals surface area (Å²) in [7, 11) is 0. The second kappa shape index (κ2) is 5.93. The molecule has 0 N–H and O–H groups in total. The van der Waals surface area contributed by atoms with Crippen LogP contribution in [-0.4, -0.2) is 11.6 Å². The monoisotopic (exact) mass is 316 g/mol. The molecule has 4 fully saturated rings. The molecular formula is C21H32O2. The minimum Gasteiger partial charge on any atom is -0.455 e. The number of fused-ring (bicyclic) bond motifs is 3. The van der Waals surface area contributed by atoms with E-state index < -0.39 is 0 Å². The van der Waals surface area contributed by atoms with E-state index in [-0.39, 0.29) is 11.6 Å². The fraction of sp³-hybridized carbons (Fsp3) is 0.857. The molecule has 0 aromatic rings. The van der Waals surface area contributed by atoms with Gasteiger partial charge in [0.2, 0.25) is 0 Å². The Morgan fingerprint density at radius 3 is 2.43 bits per heavy atom. The maximum atomic E-state index is 12.5. The van der Waals surface area contributed by atoms with Crippen LogP contribution in [0, 0.1) is 29.6 Å². The van der Waals surface area contributed by atoms with Gasteiger partial charge < -0.3 is 4.74 Å². The minimum absolute atomic E-state index is 0.126. The van der Waals surface area contributed by atoms with Gasteiger partial charge in [0.15, 0.2) is 0 Å². The van der Waals surface area contributed by atoms with E-state index in [0.29, 0.717) is 17.4 Å². The Labute approximate surface area is 141 Å². The molecule has 4 aliphatic carbocycles. The number of carbonyl (C=O) groups excluding carboxylic acids is 1. The molecule has 2 heteroatoms. The van der Waals surface area contributed by atoms with Gasteiger partial charge in [-0.25, -0.2) is 4.79 Å². The number of ether oxygens (including phenoxy) is 1. The van der Waals surface area contributed by atoms with E-state index in [0.717, 1.165) is 24.2 Å². The van der Waals surface area contributed by atoms with Gasteiger partial charge >= 0.3 is 5.97 Å². The summed E-state index contributed by atoms with van der Waals surface area (Å²) < 4.78 is 6.41. The molecule has 0 saturated heterocycles. The third kappa shape index (κ3) is 2.57. The maximum Gasteiger partial charge on any atom is 0.333 e. The highest BCUT2D eigenvalue weighted by Gasteiger charge is 2.58. The van der Waals surface area contributed by atoms with E-state index in [1.165, 1.54) is 64.2 Å². The Morgan fingerprint density at radius 1 is 0.957 bits per heavy atom. The molecule has 4 rings (SSSR count). The van der Waals surface area contributed by atoms with Gasteiger partial charge in [-0.15, -0.1) is 0 Å². The van der Waals surface area contributed by atoms with Gasteiger partial charge in [-0.2, -0.15) is 0 Å². The molecule has 0 aromatic carbocycles. The second-order valence-corrected chi connectivity index (χ2v) is 8.95. The first-order valence-electron chi connectivity index (χ1n) is 9.99. The molecule has 0 aromatic heterocycles. The molecule has 6 unspecified atom stereocenters. The standard InChI is InChI=1S/C21H32O2/c1-14(2)20(22)23-21(19-13-15-9-10-17(19)12-15)11-5-7-16-6-3-4-8-18(16)21/h15-19H,1,3-13H2,2H3. The zero-order valence-electron chi connectivity index (χ0n) is 14.7. The van der Waals surface area contributed by atoms with E-state index in [1.54, 1.807) is 6.92 Å². The third-order valence-electron chi connectivity index (χ3n) is 7.68. The SMILES string of the molecule is C=C(C)C(=O)OC1(C2CC3CCC2C3)CCCC2CCCCC21. The topological polar surface area (TPSA) is 26.3 Å². The summed E-state index contributed by atoms with van der Waals surface area (Å²) in [6.45, 7) is 5.66. The molecule has 2 bridgehead atoms. The number of rotatable bonds is 3. The minimum atomic E-state index is -0.154. The van der Waals surface area contributed by atoms with Crippen molar-refractivity contribution in [3.05, 3.63) is 12.2 Å². The molecule has 128 valence electrons. The zero-order valence-corrected chi connectivity index (χ0v) is 14.7. The fourth-order valence-electron chi connectivity index (χ4n) is 6.79. The number of carbonyl (C=O) groups is 1. The summed E-state index contributed by atoms with van der Waals surface area (Å²) in [4.78, 5) is 12.5. The number of hydrogen-bond donors (Lipinski definition) is 0. The lowest BCUT2D eigenvalue weighted by molar-refractivity contribution is -0.192. The fourth-order valence-corrected chi connectivity index (χ4v) is 6.79. The van der Waals surface area contributed by atoms with Crippen LogP contribution in [0.25, 0.3) is 0 Å². The van der Waals surface area contributed by atoms with Gasteiger partial charge in [0.1, 0.15) is 5.60 Å². The van der Waals surface area contributed by atoms with Gasteiger partial charge in [0.25, 0.3) is 0 Å². The van der Waals surface area contributed by atoms with Gasteiger partial charge in [0.05, 0.1) is 0 Å². The van der Waals surface area contributed by atoms with E-state index >= 15 is 0 Å². The number of esters is 1. The summed E-state index contributed by atoms with van der Waals surface area (Å²) in [5.41, 5.74) is 0.421. The van der Waals surface area contributed by atoms with Crippen molar-refractivity contribution in [2.45, 2.75) is 83.2 Å². The van der Waals surface area contributed by atoms with E-state index in [9.17, 15) is 4.79 Å². The van der Waals surface area contributed by atoms with Crippen molar-refractivity contribution in [3.63, 3.8) is 0 Å². The zero-order chi connectivity index (χ0) is 16.0. The highest BCUT2D eigenvalue weighted by molar-refractivity contribution is 5.87. The second-order valence-electron chi connectivity index (χ2n) is 8.95. The lowest BCUT2D eigenvalue weighted by Gasteiger charge is -2.54. The van der Waals surface area contributed by atoms with Crippen LogP contribution in [0.15, 0.2) is 12.2 Å². The van der Waals surface area contributed by atoms with Crippen LogP contribution in [0.1, 0.15) is 77.6 Å². The Hall–Kier alpha value is -0.790. The molecular weight excluding hydrogens is 284 g/mol. The first-order valence-corrected chi connectivity index (χ1v) is 9.99. The maximum absolute atomic E-state index is 12.5. The normalized spacial score (nSPS) is 45.5. The van der Waals surface area contributed by atoms with Crippen molar-refractivity contribution in [3.8, 4) is 0 Å². The molecule has 0 aliphatic heterocycles. The lowest BCUT2D eigenvalue weighted by Crippen LogP contribution is -2.55. The van der Waals surface area contributed by atoms with E-state index in [4.69, 9.17) is 4.74 Å². The van der Waals surface area contributed by atoms with Crippen LogP contribution in [-0.2, 0) is 9.53 Å². The van der Waals surface area contributed by atoms with Crippen molar-refractivity contribution >= 4 is 5.97 Å². The third-order valence-corrected chi connectivity index (χ3v) is 7.68. The van der Waals surface area contributed by atoms with Crippen LogP contribution in [0.4, 0.5) is 0 Å². The quantitative estimate of drug-likeness (QED) is 0.523. The lowest BCUT2D eigenvalue weighted by atomic mass is 9.56. The van der Waals surface area contributed by atoms with E-state index in [2.05, 4.69) is 6.58 Å².